The van der Waals surface area contributed by atoms with Crippen LogP contribution in [0.15, 0.2) is 30.6 Å². The Morgan fingerprint density at radius 3 is 2.69 bits per heavy atom. The van der Waals surface area contributed by atoms with Crippen LogP contribution in [0.1, 0.15) is 40.2 Å². The van der Waals surface area contributed by atoms with Crippen molar-refractivity contribution in [2.45, 2.75) is 52.7 Å². The van der Waals surface area contributed by atoms with E-state index >= 15 is 0 Å². The Bertz CT molecular complexity index is 1400. The van der Waals surface area contributed by atoms with Gasteiger partial charge in [0.2, 0.25) is 0 Å². The Hall–Kier alpha value is -4.02. The van der Waals surface area contributed by atoms with Crippen molar-refractivity contribution >= 4 is 40.2 Å². The van der Waals surface area contributed by atoms with Crippen LogP contribution >= 0.6 is 0 Å². The molecular weight excluding hydrogens is 498 g/mol. The molecule has 2 aliphatic heterocycles. The van der Waals surface area contributed by atoms with E-state index in [9.17, 15) is 9.59 Å². The van der Waals surface area contributed by atoms with Gasteiger partial charge in [-0.15, -0.1) is 0 Å². The van der Waals surface area contributed by atoms with Crippen molar-refractivity contribution < 1.29 is 19.1 Å². The summed E-state index contributed by atoms with van der Waals surface area (Å²) in [5.41, 5.74) is 2.96. The van der Waals surface area contributed by atoms with Crippen LogP contribution in [0.4, 0.5) is 26.8 Å². The van der Waals surface area contributed by atoms with Crippen molar-refractivity contribution in [2.75, 3.05) is 47.9 Å². The molecule has 11 heteroatoms. The number of rotatable bonds is 4. The summed E-state index contributed by atoms with van der Waals surface area (Å²) in [6.07, 6.45) is 4.07. The SMILES string of the molecule is CCOc1cc2nn(C)cc2cc1NC(=O)N1CCc2c(N3CCN(C(=O)OC(C)(C)C)[C@H](C)C3)ccnc21. The summed E-state index contributed by atoms with van der Waals surface area (Å²) in [5.74, 6) is 1.24. The number of ether oxygens (including phenoxy) is 2. The number of nitrogens with one attached hydrogen (secondary N) is 1. The molecule has 5 rings (SSSR count). The molecule has 3 amide bonds. The van der Waals surface area contributed by atoms with Crippen molar-refractivity contribution in [3.05, 3.63) is 36.2 Å². The molecule has 0 saturated carbocycles. The van der Waals surface area contributed by atoms with Gasteiger partial charge in [-0.3, -0.25) is 9.58 Å². The number of anilines is 3. The van der Waals surface area contributed by atoms with Gasteiger partial charge in [0.05, 0.1) is 17.8 Å². The molecule has 1 saturated heterocycles. The Morgan fingerprint density at radius 2 is 1.97 bits per heavy atom. The third kappa shape index (κ3) is 5.43. The Kier molecular flexibility index (Phi) is 7.00. The molecule has 1 atom stereocenters. The lowest BCUT2D eigenvalue weighted by molar-refractivity contribution is 0.0159. The van der Waals surface area contributed by atoms with Crippen molar-refractivity contribution in [3.8, 4) is 5.75 Å². The molecule has 208 valence electrons. The molecule has 2 aliphatic rings. The Labute approximate surface area is 228 Å². The van der Waals surface area contributed by atoms with E-state index in [1.54, 1.807) is 20.7 Å². The number of aromatic nitrogens is 3. The van der Waals surface area contributed by atoms with Crippen LogP contribution in [0.5, 0.6) is 5.75 Å². The molecule has 39 heavy (non-hydrogen) atoms. The third-order valence-corrected chi connectivity index (χ3v) is 6.95. The van der Waals surface area contributed by atoms with E-state index in [1.807, 2.05) is 66.1 Å². The number of nitrogens with zero attached hydrogens (tertiary/aromatic N) is 6. The number of hydrogen-bond donors (Lipinski definition) is 1. The maximum absolute atomic E-state index is 13.5. The number of piperazine rings is 1. The first-order valence-corrected chi connectivity index (χ1v) is 13.4. The molecule has 2 aromatic heterocycles. The molecule has 1 fully saturated rings. The van der Waals surface area contributed by atoms with Gasteiger partial charge in [-0.25, -0.2) is 14.6 Å². The lowest BCUT2D eigenvalue weighted by Gasteiger charge is -2.41. The predicted molar refractivity (Wildman–Crippen MR) is 151 cm³/mol. The van der Waals surface area contributed by atoms with Gasteiger partial charge in [0, 0.05) is 74.4 Å². The number of amides is 3. The molecule has 0 unspecified atom stereocenters. The van der Waals surface area contributed by atoms with E-state index in [0.29, 0.717) is 56.5 Å². The highest BCUT2D eigenvalue weighted by Crippen LogP contribution is 2.36. The van der Waals surface area contributed by atoms with Crippen LogP contribution in [-0.4, -0.2) is 76.2 Å². The van der Waals surface area contributed by atoms with Gasteiger partial charge in [-0.05, 0) is 53.2 Å². The second kappa shape index (κ2) is 10.3. The highest BCUT2D eigenvalue weighted by atomic mass is 16.6. The molecule has 3 aromatic rings. The zero-order valence-corrected chi connectivity index (χ0v) is 23.5. The summed E-state index contributed by atoms with van der Waals surface area (Å²) in [6, 6.07) is 5.46. The fourth-order valence-electron chi connectivity index (χ4n) is 5.27. The summed E-state index contributed by atoms with van der Waals surface area (Å²) in [6.45, 7) is 12.5. The largest absolute Gasteiger partial charge is 0.492 e. The first-order valence-electron chi connectivity index (χ1n) is 13.4. The molecule has 0 bridgehead atoms. The molecule has 4 heterocycles. The smallest absolute Gasteiger partial charge is 0.410 e. The summed E-state index contributed by atoms with van der Waals surface area (Å²) < 4.78 is 13.1. The number of carbonyl (C=O) groups excluding carboxylic acids is 2. The normalized spacial score (nSPS) is 17.4. The van der Waals surface area contributed by atoms with Crippen LogP contribution in [0.3, 0.4) is 0 Å². The van der Waals surface area contributed by atoms with Gasteiger partial charge in [0.15, 0.2) is 0 Å². The lowest BCUT2D eigenvalue weighted by atomic mass is 10.1. The molecule has 11 nitrogen and oxygen atoms in total. The van der Waals surface area contributed by atoms with Crippen molar-refractivity contribution in [1.82, 2.24) is 19.7 Å². The summed E-state index contributed by atoms with van der Waals surface area (Å²) in [4.78, 5) is 36.5. The van der Waals surface area contributed by atoms with Crippen LogP contribution < -0.4 is 19.9 Å². The second-order valence-corrected chi connectivity index (χ2v) is 11.1. The summed E-state index contributed by atoms with van der Waals surface area (Å²) in [7, 11) is 1.86. The average molecular weight is 536 g/mol. The number of pyridine rings is 1. The molecule has 0 aliphatic carbocycles. The van der Waals surface area contributed by atoms with E-state index in [1.165, 1.54) is 0 Å². The van der Waals surface area contributed by atoms with Crippen LogP contribution in [0, 0.1) is 0 Å². The third-order valence-electron chi connectivity index (χ3n) is 6.95. The van der Waals surface area contributed by atoms with E-state index < -0.39 is 5.60 Å². The monoisotopic (exact) mass is 535 g/mol. The van der Waals surface area contributed by atoms with Crippen molar-refractivity contribution in [2.24, 2.45) is 7.05 Å². The maximum Gasteiger partial charge on any atom is 0.410 e. The van der Waals surface area contributed by atoms with E-state index in [4.69, 9.17) is 9.47 Å². The second-order valence-electron chi connectivity index (χ2n) is 11.1. The van der Waals surface area contributed by atoms with E-state index in [0.717, 1.165) is 22.2 Å². The minimum Gasteiger partial charge on any atom is -0.492 e. The van der Waals surface area contributed by atoms with Gasteiger partial charge >= 0.3 is 12.1 Å². The van der Waals surface area contributed by atoms with Crippen molar-refractivity contribution in [1.29, 1.82) is 0 Å². The number of urea groups is 1. The quantitative estimate of drug-likeness (QED) is 0.528. The van der Waals surface area contributed by atoms with Crippen LogP contribution in [-0.2, 0) is 18.2 Å². The molecule has 0 radical (unpaired) electrons. The minimum atomic E-state index is -0.531. The topological polar surface area (TPSA) is 105 Å². The van der Waals surface area contributed by atoms with Crippen molar-refractivity contribution in [3.63, 3.8) is 0 Å². The number of hydrogen-bond acceptors (Lipinski definition) is 7. The fourth-order valence-corrected chi connectivity index (χ4v) is 5.27. The highest BCUT2D eigenvalue weighted by molar-refractivity contribution is 6.05. The number of aryl methyl sites for hydroxylation is 1. The number of carbonyl (C=O) groups is 2. The standard InChI is InChI=1S/C28H37N7O4/c1-7-38-24-15-21-19(17-32(6)31-21)14-22(24)30-26(36)35-11-9-20-23(8-10-29-25(20)35)33-12-13-34(18(2)16-33)27(37)39-28(3,4)5/h8,10,14-15,17-18H,7,9,11-13,16H2,1-6H3,(H,30,36)/t18-/m1/s1. The van der Waals surface area contributed by atoms with Gasteiger partial charge in [-0.1, -0.05) is 0 Å². The zero-order chi connectivity index (χ0) is 27.9. The zero-order valence-electron chi connectivity index (χ0n) is 23.5. The minimum absolute atomic E-state index is 0.0161. The summed E-state index contributed by atoms with van der Waals surface area (Å²) >= 11 is 0. The average Bonchev–Trinajstić information content (AvgIpc) is 3.45. The van der Waals surface area contributed by atoms with Gasteiger partial charge in [-0.2, -0.15) is 5.10 Å². The van der Waals surface area contributed by atoms with Gasteiger partial charge in [0.1, 0.15) is 17.2 Å². The number of benzene rings is 1. The Balaban J connectivity index is 1.33. The first kappa shape index (κ1) is 26.6. The van der Waals surface area contributed by atoms with Crippen LogP contribution in [0.2, 0.25) is 0 Å². The van der Waals surface area contributed by atoms with Crippen LogP contribution in [0.25, 0.3) is 10.9 Å². The molecule has 1 N–H and O–H groups in total. The molecule has 0 spiro atoms. The predicted octanol–water partition coefficient (Wildman–Crippen LogP) is 4.41. The number of fused-ring (bicyclic) bond motifs is 2. The van der Waals surface area contributed by atoms with E-state index in [-0.39, 0.29) is 18.2 Å². The van der Waals surface area contributed by atoms with Gasteiger partial charge < -0.3 is 24.6 Å². The highest BCUT2D eigenvalue weighted by Gasteiger charge is 2.34. The van der Waals surface area contributed by atoms with Gasteiger partial charge in [0.25, 0.3) is 0 Å². The lowest BCUT2D eigenvalue weighted by Crippen LogP contribution is -2.55. The molecular formula is C28H37N7O4. The first-order chi connectivity index (χ1) is 18.5. The molecule has 1 aromatic carbocycles. The van der Waals surface area contributed by atoms with E-state index in [2.05, 4.69) is 20.3 Å². The maximum atomic E-state index is 13.5. The summed E-state index contributed by atoms with van der Waals surface area (Å²) in [5, 5.41) is 8.39. The Morgan fingerprint density at radius 1 is 1.18 bits per heavy atom. The fraction of sp³-hybridized carbons (Fsp3) is 0.500.